The number of carbonyl (C=O) groups is 3. The number of hydrogen-bond donors (Lipinski definition) is 1. The molecule has 1 aromatic rings. The molecular weight excluding hydrogens is 290 g/mol. The Morgan fingerprint density at radius 1 is 1.29 bits per heavy atom. The third kappa shape index (κ3) is 3.95. The zero-order valence-corrected chi connectivity index (χ0v) is 12.4. The fourth-order valence-electron chi connectivity index (χ4n) is 1.90. The van der Waals surface area contributed by atoms with Gasteiger partial charge in [0.05, 0.1) is 4.91 Å². The van der Waals surface area contributed by atoms with E-state index in [2.05, 4.69) is 0 Å². The van der Waals surface area contributed by atoms with Crippen LogP contribution in [-0.2, 0) is 9.59 Å². The Hall–Kier alpha value is -2.08. The highest BCUT2D eigenvalue weighted by Crippen LogP contribution is 2.32. The van der Waals surface area contributed by atoms with Crippen molar-refractivity contribution in [3.63, 3.8) is 0 Å². The number of benzene rings is 1. The first-order valence-corrected chi connectivity index (χ1v) is 7.33. The Kier molecular flexibility index (Phi) is 4.80. The molecule has 2 rings (SSSR count). The van der Waals surface area contributed by atoms with Gasteiger partial charge in [0, 0.05) is 13.0 Å². The molecule has 1 heterocycles. The number of imide groups is 1. The number of carboxylic acid groups (broad SMARTS) is 1. The van der Waals surface area contributed by atoms with Crippen LogP contribution in [0.15, 0.2) is 29.2 Å². The van der Waals surface area contributed by atoms with Gasteiger partial charge in [-0.1, -0.05) is 29.8 Å². The number of aryl methyl sites for hydroxylation is 1. The molecule has 1 aromatic carbocycles. The summed E-state index contributed by atoms with van der Waals surface area (Å²) >= 11 is 0.891. The lowest BCUT2D eigenvalue weighted by atomic mass is 10.1. The zero-order chi connectivity index (χ0) is 15.4. The van der Waals surface area contributed by atoms with Crippen molar-refractivity contribution in [2.75, 3.05) is 6.54 Å². The lowest BCUT2D eigenvalue weighted by Gasteiger charge is -2.10. The summed E-state index contributed by atoms with van der Waals surface area (Å²) in [5.41, 5.74) is 1.98. The van der Waals surface area contributed by atoms with Crippen LogP contribution in [0.5, 0.6) is 0 Å². The first-order chi connectivity index (χ1) is 9.97. The van der Waals surface area contributed by atoms with Gasteiger partial charge in [-0.05, 0) is 36.7 Å². The quantitative estimate of drug-likeness (QED) is 0.847. The standard InChI is InChI=1S/C15H15NO4S/c1-10-4-6-11(7-5-10)9-12-14(19)16(15(20)21-12)8-2-3-13(17)18/h4-7,9H,2-3,8H2,1H3,(H,17,18)/b12-9-. The maximum absolute atomic E-state index is 12.1. The summed E-state index contributed by atoms with van der Waals surface area (Å²) in [5, 5.41) is 8.24. The number of hydrogen-bond acceptors (Lipinski definition) is 4. The molecule has 0 aliphatic carbocycles. The van der Waals surface area contributed by atoms with E-state index >= 15 is 0 Å². The van der Waals surface area contributed by atoms with Crippen LogP contribution in [0.1, 0.15) is 24.0 Å². The second-order valence-corrected chi connectivity index (χ2v) is 5.73. The van der Waals surface area contributed by atoms with E-state index in [0.29, 0.717) is 4.91 Å². The smallest absolute Gasteiger partial charge is 0.303 e. The summed E-state index contributed by atoms with van der Waals surface area (Å²) in [6.45, 7) is 2.11. The van der Waals surface area contributed by atoms with Gasteiger partial charge in [-0.15, -0.1) is 0 Å². The fourth-order valence-corrected chi connectivity index (χ4v) is 2.76. The third-order valence-electron chi connectivity index (χ3n) is 3.02. The summed E-state index contributed by atoms with van der Waals surface area (Å²) in [6, 6.07) is 7.63. The van der Waals surface area contributed by atoms with Crippen molar-refractivity contribution in [3.8, 4) is 0 Å². The van der Waals surface area contributed by atoms with E-state index in [1.807, 2.05) is 31.2 Å². The molecular formula is C15H15NO4S. The zero-order valence-electron chi connectivity index (χ0n) is 11.5. The van der Waals surface area contributed by atoms with Gasteiger partial charge in [0.1, 0.15) is 0 Å². The number of rotatable bonds is 5. The molecule has 0 aromatic heterocycles. The van der Waals surface area contributed by atoms with Crippen LogP contribution in [0.25, 0.3) is 6.08 Å². The molecule has 0 saturated carbocycles. The number of nitrogens with zero attached hydrogens (tertiary/aromatic N) is 1. The molecule has 1 aliphatic rings. The summed E-state index contributed by atoms with van der Waals surface area (Å²) in [6.07, 6.45) is 1.89. The second kappa shape index (κ2) is 6.58. The van der Waals surface area contributed by atoms with Gasteiger partial charge in [-0.25, -0.2) is 0 Å². The minimum absolute atomic E-state index is 0.0568. The number of carboxylic acids is 1. The molecule has 2 amide bonds. The van der Waals surface area contributed by atoms with E-state index in [4.69, 9.17) is 5.11 Å². The normalized spacial score (nSPS) is 16.8. The van der Waals surface area contributed by atoms with Crippen LogP contribution >= 0.6 is 11.8 Å². The van der Waals surface area contributed by atoms with Gasteiger partial charge < -0.3 is 5.11 Å². The number of aliphatic carboxylic acids is 1. The molecule has 21 heavy (non-hydrogen) atoms. The molecule has 5 nitrogen and oxygen atoms in total. The number of carbonyl (C=O) groups excluding carboxylic acids is 2. The Labute approximate surface area is 126 Å². The first-order valence-electron chi connectivity index (χ1n) is 6.51. The molecule has 0 radical (unpaired) electrons. The van der Waals surface area contributed by atoms with Crippen LogP contribution in [-0.4, -0.2) is 33.7 Å². The maximum Gasteiger partial charge on any atom is 0.303 e. The molecule has 0 spiro atoms. The van der Waals surface area contributed by atoms with E-state index in [1.54, 1.807) is 6.08 Å². The monoisotopic (exact) mass is 305 g/mol. The van der Waals surface area contributed by atoms with E-state index in [9.17, 15) is 14.4 Å². The molecule has 1 aliphatic heterocycles. The average Bonchev–Trinajstić information content (AvgIpc) is 2.68. The molecule has 0 unspecified atom stereocenters. The Bertz CT molecular complexity index is 607. The Morgan fingerprint density at radius 3 is 2.57 bits per heavy atom. The highest BCUT2D eigenvalue weighted by atomic mass is 32.2. The summed E-state index contributed by atoms with van der Waals surface area (Å²) < 4.78 is 0. The van der Waals surface area contributed by atoms with E-state index in [1.165, 1.54) is 0 Å². The highest BCUT2D eigenvalue weighted by Gasteiger charge is 2.34. The summed E-state index contributed by atoms with van der Waals surface area (Å²) in [4.78, 5) is 35.9. The van der Waals surface area contributed by atoms with Gasteiger partial charge >= 0.3 is 5.97 Å². The van der Waals surface area contributed by atoms with Crippen molar-refractivity contribution < 1.29 is 19.5 Å². The molecule has 1 fully saturated rings. The second-order valence-electron chi connectivity index (χ2n) is 4.74. The van der Waals surface area contributed by atoms with Gasteiger partial charge in [-0.2, -0.15) is 0 Å². The average molecular weight is 305 g/mol. The van der Waals surface area contributed by atoms with E-state index in [-0.39, 0.29) is 30.5 Å². The number of amides is 2. The van der Waals surface area contributed by atoms with Crippen molar-refractivity contribution in [1.82, 2.24) is 4.90 Å². The molecule has 0 atom stereocenters. The maximum atomic E-state index is 12.1. The Morgan fingerprint density at radius 2 is 1.95 bits per heavy atom. The Balaban J connectivity index is 2.06. The minimum atomic E-state index is -0.933. The van der Waals surface area contributed by atoms with Gasteiger partial charge in [0.2, 0.25) is 0 Å². The van der Waals surface area contributed by atoms with Crippen molar-refractivity contribution in [1.29, 1.82) is 0 Å². The molecule has 110 valence electrons. The SMILES string of the molecule is Cc1ccc(/C=C2\SC(=O)N(CCCC(=O)O)C2=O)cc1. The van der Waals surface area contributed by atoms with Gasteiger partial charge in [-0.3, -0.25) is 19.3 Å². The van der Waals surface area contributed by atoms with Crippen molar-refractivity contribution in [3.05, 3.63) is 40.3 Å². The summed E-state index contributed by atoms with van der Waals surface area (Å²) in [5.74, 6) is -1.28. The molecule has 6 heteroatoms. The molecule has 1 N–H and O–H groups in total. The minimum Gasteiger partial charge on any atom is -0.481 e. The topological polar surface area (TPSA) is 74.7 Å². The van der Waals surface area contributed by atoms with E-state index < -0.39 is 5.97 Å². The summed E-state index contributed by atoms with van der Waals surface area (Å²) in [7, 11) is 0. The molecule has 0 bridgehead atoms. The van der Waals surface area contributed by atoms with Crippen LogP contribution in [0.3, 0.4) is 0 Å². The van der Waals surface area contributed by atoms with Crippen molar-refractivity contribution in [2.45, 2.75) is 19.8 Å². The first kappa shape index (κ1) is 15.3. The van der Waals surface area contributed by atoms with Crippen LogP contribution in [0, 0.1) is 6.92 Å². The third-order valence-corrected chi connectivity index (χ3v) is 3.93. The predicted molar refractivity (Wildman–Crippen MR) is 80.7 cm³/mol. The van der Waals surface area contributed by atoms with Crippen LogP contribution in [0.4, 0.5) is 4.79 Å². The van der Waals surface area contributed by atoms with Gasteiger partial charge in [0.15, 0.2) is 0 Å². The van der Waals surface area contributed by atoms with Crippen molar-refractivity contribution >= 4 is 35.0 Å². The molecule has 1 saturated heterocycles. The van der Waals surface area contributed by atoms with Crippen LogP contribution in [0.2, 0.25) is 0 Å². The van der Waals surface area contributed by atoms with Crippen LogP contribution < -0.4 is 0 Å². The van der Waals surface area contributed by atoms with Crippen molar-refractivity contribution in [2.24, 2.45) is 0 Å². The highest BCUT2D eigenvalue weighted by molar-refractivity contribution is 8.18. The predicted octanol–water partition coefficient (Wildman–Crippen LogP) is 2.90. The van der Waals surface area contributed by atoms with E-state index in [0.717, 1.165) is 27.8 Å². The lowest BCUT2D eigenvalue weighted by molar-refractivity contribution is -0.137. The fraction of sp³-hybridized carbons (Fsp3) is 0.267. The number of thioether (sulfide) groups is 1. The largest absolute Gasteiger partial charge is 0.481 e. The lowest BCUT2D eigenvalue weighted by Crippen LogP contribution is -2.29. The van der Waals surface area contributed by atoms with Gasteiger partial charge in [0.25, 0.3) is 11.1 Å².